The van der Waals surface area contributed by atoms with Gasteiger partial charge in [-0.15, -0.1) is 11.3 Å². The largest absolute Gasteiger partial charge is 0.345 e. The van der Waals surface area contributed by atoms with Crippen molar-refractivity contribution in [1.82, 2.24) is 15.3 Å². The number of anilines is 1. The molecule has 2 amide bonds. The van der Waals surface area contributed by atoms with E-state index in [4.69, 9.17) is 0 Å². The molecule has 0 aliphatic heterocycles. The summed E-state index contributed by atoms with van der Waals surface area (Å²) in [6.07, 6.45) is 0. The fraction of sp³-hybridized carbons (Fsp3) is 0.0500. The molecule has 0 fully saturated rings. The molecule has 0 spiro atoms. The van der Waals surface area contributed by atoms with Crippen LogP contribution in [0.25, 0.3) is 11.0 Å². The summed E-state index contributed by atoms with van der Waals surface area (Å²) in [7, 11) is 0. The Labute approximate surface area is 159 Å². The van der Waals surface area contributed by atoms with Crippen LogP contribution in [0.4, 0.5) is 5.69 Å². The number of aromatic nitrogens is 2. The van der Waals surface area contributed by atoms with Gasteiger partial charge in [-0.2, -0.15) is 0 Å². The van der Waals surface area contributed by atoms with Crippen LogP contribution in [0.2, 0.25) is 0 Å². The number of nitrogens with one attached hydrogen (secondary N) is 3. The predicted molar refractivity (Wildman–Crippen MR) is 106 cm³/mol. The van der Waals surface area contributed by atoms with Crippen molar-refractivity contribution in [3.8, 4) is 0 Å². The van der Waals surface area contributed by atoms with Crippen LogP contribution >= 0.6 is 11.3 Å². The van der Waals surface area contributed by atoms with Gasteiger partial charge in [0.1, 0.15) is 5.82 Å². The average Bonchev–Trinajstić information content (AvgIpc) is 3.35. The molecular formula is C20H16N4O2S. The van der Waals surface area contributed by atoms with Crippen LogP contribution in [-0.4, -0.2) is 21.8 Å². The van der Waals surface area contributed by atoms with Crippen molar-refractivity contribution < 1.29 is 9.59 Å². The Morgan fingerprint density at radius 1 is 1.00 bits per heavy atom. The highest BCUT2D eigenvalue weighted by Crippen LogP contribution is 2.15. The van der Waals surface area contributed by atoms with Gasteiger partial charge in [0.25, 0.3) is 11.8 Å². The van der Waals surface area contributed by atoms with Gasteiger partial charge in [0.05, 0.1) is 22.5 Å². The minimum Gasteiger partial charge on any atom is -0.345 e. The van der Waals surface area contributed by atoms with Crippen molar-refractivity contribution in [2.24, 2.45) is 0 Å². The minimum atomic E-state index is -0.234. The second-order valence-electron chi connectivity index (χ2n) is 5.90. The zero-order chi connectivity index (χ0) is 18.6. The highest BCUT2D eigenvalue weighted by Gasteiger charge is 2.11. The fourth-order valence-corrected chi connectivity index (χ4v) is 3.31. The second-order valence-corrected chi connectivity index (χ2v) is 6.84. The summed E-state index contributed by atoms with van der Waals surface area (Å²) in [5.41, 5.74) is 2.83. The number of hydrogen-bond donors (Lipinski definition) is 3. The van der Waals surface area contributed by atoms with Gasteiger partial charge in [-0.25, -0.2) is 4.98 Å². The van der Waals surface area contributed by atoms with Crippen LogP contribution in [0.15, 0.2) is 66.0 Å². The quantitative estimate of drug-likeness (QED) is 0.495. The predicted octanol–water partition coefficient (Wildman–Crippen LogP) is 3.81. The van der Waals surface area contributed by atoms with E-state index in [-0.39, 0.29) is 11.8 Å². The monoisotopic (exact) mass is 376 g/mol. The number of carbonyl (C=O) groups is 2. The topological polar surface area (TPSA) is 86.9 Å². The SMILES string of the molecule is O=C(NCc1nc2ccccc2[nH]1)c1cccc(NC(=O)c2cccs2)c1. The molecule has 6 nitrogen and oxygen atoms in total. The highest BCUT2D eigenvalue weighted by atomic mass is 32.1. The van der Waals surface area contributed by atoms with Crippen molar-refractivity contribution in [2.45, 2.75) is 6.54 Å². The molecule has 4 rings (SSSR count). The van der Waals surface area contributed by atoms with E-state index in [0.29, 0.717) is 28.5 Å². The van der Waals surface area contributed by atoms with Gasteiger partial charge in [0.2, 0.25) is 0 Å². The van der Waals surface area contributed by atoms with Gasteiger partial charge in [-0.05, 0) is 41.8 Å². The molecule has 27 heavy (non-hydrogen) atoms. The lowest BCUT2D eigenvalue weighted by Crippen LogP contribution is -2.23. The molecule has 0 aliphatic rings. The summed E-state index contributed by atoms with van der Waals surface area (Å²) in [5.74, 6) is 0.263. The number of benzene rings is 2. The molecule has 0 bridgehead atoms. The number of aromatic amines is 1. The average molecular weight is 376 g/mol. The molecule has 134 valence electrons. The molecule has 0 radical (unpaired) electrons. The van der Waals surface area contributed by atoms with E-state index in [9.17, 15) is 9.59 Å². The molecule has 0 saturated heterocycles. The summed E-state index contributed by atoms with van der Waals surface area (Å²) < 4.78 is 0. The molecule has 0 aliphatic carbocycles. The zero-order valence-electron chi connectivity index (χ0n) is 14.2. The highest BCUT2D eigenvalue weighted by molar-refractivity contribution is 7.12. The Bertz CT molecular complexity index is 1070. The molecule has 0 unspecified atom stereocenters. The van der Waals surface area contributed by atoms with Crippen molar-refractivity contribution in [3.05, 3.63) is 82.3 Å². The maximum Gasteiger partial charge on any atom is 0.265 e. The molecule has 0 saturated carbocycles. The molecular weight excluding hydrogens is 360 g/mol. The number of H-pyrrole nitrogens is 1. The summed E-state index contributed by atoms with van der Waals surface area (Å²) in [6.45, 7) is 0.291. The van der Waals surface area contributed by atoms with Gasteiger partial charge in [0, 0.05) is 11.3 Å². The third-order valence-electron chi connectivity index (χ3n) is 3.98. The first-order valence-corrected chi connectivity index (χ1v) is 9.24. The van der Waals surface area contributed by atoms with E-state index in [2.05, 4.69) is 20.6 Å². The van der Waals surface area contributed by atoms with E-state index in [1.165, 1.54) is 11.3 Å². The van der Waals surface area contributed by atoms with E-state index in [0.717, 1.165) is 11.0 Å². The second kappa shape index (κ2) is 7.43. The Kier molecular flexibility index (Phi) is 4.67. The van der Waals surface area contributed by atoms with Gasteiger partial charge < -0.3 is 15.6 Å². The normalized spacial score (nSPS) is 10.7. The smallest absolute Gasteiger partial charge is 0.265 e. The number of para-hydroxylation sites is 2. The van der Waals surface area contributed by atoms with Crippen LogP contribution in [-0.2, 0) is 6.54 Å². The Hall–Kier alpha value is -3.45. The molecule has 0 atom stereocenters. The zero-order valence-corrected chi connectivity index (χ0v) is 15.0. The van der Waals surface area contributed by atoms with E-state index >= 15 is 0 Å². The van der Waals surface area contributed by atoms with Crippen LogP contribution in [0, 0.1) is 0 Å². The third-order valence-corrected chi connectivity index (χ3v) is 4.85. The van der Waals surface area contributed by atoms with Crippen LogP contribution in [0.5, 0.6) is 0 Å². The van der Waals surface area contributed by atoms with Crippen molar-refractivity contribution in [3.63, 3.8) is 0 Å². The van der Waals surface area contributed by atoms with Crippen molar-refractivity contribution in [2.75, 3.05) is 5.32 Å². The van der Waals surface area contributed by atoms with Gasteiger partial charge in [-0.3, -0.25) is 9.59 Å². The van der Waals surface area contributed by atoms with E-state index in [1.54, 1.807) is 30.3 Å². The summed E-state index contributed by atoms with van der Waals surface area (Å²) >= 11 is 1.37. The lowest BCUT2D eigenvalue weighted by Gasteiger charge is -2.07. The summed E-state index contributed by atoms with van der Waals surface area (Å²) in [5, 5.41) is 7.49. The number of amides is 2. The maximum absolute atomic E-state index is 12.4. The van der Waals surface area contributed by atoms with Crippen LogP contribution in [0.3, 0.4) is 0 Å². The summed E-state index contributed by atoms with van der Waals surface area (Å²) in [4.78, 5) is 32.8. The lowest BCUT2D eigenvalue weighted by atomic mass is 10.2. The van der Waals surface area contributed by atoms with E-state index in [1.807, 2.05) is 35.7 Å². The maximum atomic E-state index is 12.4. The van der Waals surface area contributed by atoms with E-state index < -0.39 is 0 Å². The minimum absolute atomic E-state index is 0.190. The van der Waals surface area contributed by atoms with Gasteiger partial charge >= 0.3 is 0 Å². The molecule has 7 heteroatoms. The van der Waals surface area contributed by atoms with Crippen molar-refractivity contribution in [1.29, 1.82) is 0 Å². The summed E-state index contributed by atoms with van der Waals surface area (Å²) in [6, 6.07) is 18.1. The Morgan fingerprint density at radius 2 is 1.89 bits per heavy atom. The first-order chi connectivity index (χ1) is 13.2. The number of nitrogens with zero attached hydrogens (tertiary/aromatic N) is 1. The Morgan fingerprint density at radius 3 is 2.70 bits per heavy atom. The van der Waals surface area contributed by atoms with Gasteiger partial charge in [0.15, 0.2) is 0 Å². The number of hydrogen-bond acceptors (Lipinski definition) is 4. The third kappa shape index (κ3) is 3.88. The first kappa shape index (κ1) is 17.0. The molecule has 2 aromatic carbocycles. The molecule has 4 aromatic rings. The number of rotatable bonds is 5. The molecule has 3 N–H and O–H groups in total. The number of thiophene rings is 1. The Balaban J connectivity index is 1.41. The number of carbonyl (C=O) groups excluding carboxylic acids is 2. The lowest BCUT2D eigenvalue weighted by molar-refractivity contribution is 0.0948. The number of imidazole rings is 1. The van der Waals surface area contributed by atoms with Crippen LogP contribution in [0.1, 0.15) is 25.9 Å². The van der Waals surface area contributed by atoms with Gasteiger partial charge in [-0.1, -0.05) is 24.3 Å². The number of fused-ring (bicyclic) bond motifs is 1. The molecule has 2 heterocycles. The van der Waals surface area contributed by atoms with Crippen molar-refractivity contribution >= 4 is 39.9 Å². The van der Waals surface area contributed by atoms with Crippen LogP contribution < -0.4 is 10.6 Å². The standard InChI is InChI=1S/C20H16N4O2S/c25-19(21-12-18-23-15-7-1-2-8-16(15)24-18)13-5-3-6-14(11-13)22-20(26)17-9-4-10-27-17/h1-11H,12H2,(H,21,25)(H,22,26)(H,23,24). The fourth-order valence-electron chi connectivity index (χ4n) is 2.69. The molecule has 2 aromatic heterocycles. The first-order valence-electron chi connectivity index (χ1n) is 8.36.